The second-order valence-corrected chi connectivity index (χ2v) is 6.50. The molecular weight excluding hydrogens is 372 g/mol. The molecule has 0 aliphatic carbocycles. The Kier molecular flexibility index (Phi) is 10.1. The second kappa shape index (κ2) is 11.9. The van der Waals surface area contributed by atoms with E-state index in [-0.39, 0.29) is 11.9 Å². The molecule has 0 spiro atoms. The van der Waals surface area contributed by atoms with Crippen LogP contribution in [0.25, 0.3) is 0 Å². The van der Waals surface area contributed by atoms with E-state index < -0.39 is 6.04 Å². The van der Waals surface area contributed by atoms with Gasteiger partial charge in [0.25, 0.3) is 0 Å². The summed E-state index contributed by atoms with van der Waals surface area (Å²) < 4.78 is 0.991. The van der Waals surface area contributed by atoms with E-state index in [0.717, 1.165) is 29.3 Å². The zero-order valence-corrected chi connectivity index (χ0v) is 15.7. The van der Waals surface area contributed by atoms with Gasteiger partial charge in [-0.05, 0) is 43.5 Å². The quantitative estimate of drug-likeness (QED) is 0.455. The minimum Gasteiger partial charge on any atom is -0.354 e. The zero-order valence-electron chi connectivity index (χ0n) is 14.1. The monoisotopic (exact) mass is 398 g/mol. The summed E-state index contributed by atoms with van der Waals surface area (Å²) in [5.74, 6) is -0.146. The Hall–Kier alpha value is -1.60. The maximum Gasteiger partial charge on any atom is 0.315 e. The van der Waals surface area contributed by atoms with E-state index in [4.69, 9.17) is 5.73 Å². The van der Waals surface area contributed by atoms with E-state index in [0.29, 0.717) is 26.1 Å². The molecule has 0 aliphatic heterocycles. The Morgan fingerprint density at radius 3 is 2.50 bits per heavy atom. The number of halogens is 1. The molecule has 3 amide bonds. The average molecular weight is 399 g/mol. The molecule has 0 aromatic heterocycles. The van der Waals surface area contributed by atoms with Crippen LogP contribution in [0.15, 0.2) is 28.7 Å². The number of hydrogen-bond donors (Lipinski definition) is 4. The van der Waals surface area contributed by atoms with E-state index in [9.17, 15) is 9.59 Å². The number of nitrogens with two attached hydrogens (primary N) is 1. The molecule has 0 fully saturated rings. The van der Waals surface area contributed by atoms with Gasteiger partial charge in [-0.25, -0.2) is 4.79 Å². The fourth-order valence-corrected chi connectivity index (χ4v) is 2.42. The molecular formula is C17H27BrN4O2. The van der Waals surface area contributed by atoms with Crippen molar-refractivity contribution < 1.29 is 9.59 Å². The molecule has 0 bridgehead atoms. The van der Waals surface area contributed by atoms with Gasteiger partial charge < -0.3 is 21.7 Å². The number of carbonyl (C=O) groups is 2. The lowest BCUT2D eigenvalue weighted by Gasteiger charge is -2.18. The molecule has 0 saturated carbocycles. The highest BCUT2D eigenvalue weighted by Gasteiger charge is 2.19. The highest BCUT2D eigenvalue weighted by molar-refractivity contribution is 9.10. The molecule has 0 saturated heterocycles. The number of hydrogen-bond acceptors (Lipinski definition) is 3. The number of amides is 3. The van der Waals surface area contributed by atoms with Crippen LogP contribution in [0.3, 0.4) is 0 Å². The number of urea groups is 1. The van der Waals surface area contributed by atoms with Crippen LogP contribution >= 0.6 is 15.9 Å². The Bertz CT molecular complexity index is 508. The van der Waals surface area contributed by atoms with Crippen molar-refractivity contribution in [3.05, 3.63) is 34.3 Å². The number of benzene rings is 1. The maximum absolute atomic E-state index is 12.2. The van der Waals surface area contributed by atoms with Crippen molar-refractivity contribution >= 4 is 27.9 Å². The molecule has 134 valence electrons. The highest BCUT2D eigenvalue weighted by atomic mass is 79.9. The molecule has 0 aliphatic rings. The summed E-state index contributed by atoms with van der Waals surface area (Å²) in [7, 11) is 0. The van der Waals surface area contributed by atoms with E-state index in [2.05, 4.69) is 31.9 Å². The fourth-order valence-electron chi connectivity index (χ4n) is 2.16. The number of rotatable bonds is 10. The summed E-state index contributed by atoms with van der Waals surface area (Å²) in [4.78, 5) is 24.2. The van der Waals surface area contributed by atoms with E-state index >= 15 is 0 Å². The van der Waals surface area contributed by atoms with Crippen LogP contribution in [0.5, 0.6) is 0 Å². The van der Waals surface area contributed by atoms with Crippen LogP contribution in [0.2, 0.25) is 0 Å². The predicted octanol–water partition coefficient (Wildman–Crippen LogP) is 2.27. The fraction of sp³-hybridized carbons (Fsp3) is 0.529. The van der Waals surface area contributed by atoms with Crippen molar-refractivity contribution in [2.45, 2.75) is 45.2 Å². The number of carbonyl (C=O) groups excluding carboxylic acids is 2. The summed E-state index contributed by atoms with van der Waals surface area (Å²) in [6, 6.07) is 6.84. The third kappa shape index (κ3) is 8.31. The molecule has 24 heavy (non-hydrogen) atoms. The van der Waals surface area contributed by atoms with Crippen LogP contribution in [0, 0.1) is 0 Å². The molecule has 1 aromatic rings. The van der Waals surface area contributed by atoms with E-state index in [1.165, 1.54) is 0 Å². The van der Waals surface area contributed by atoms with Gasteiger partial charge >= 0.3 is 6.03 Å². The van der Waals surface area contributed by atoms with Crippen molar-refractivity contribution in [1.29, 1.82) is 0 Å². The Morgan fingerprint density at radius 2 is 1.88 bits per heavy atom. The lowest BCUT2D eigenvalue weighted by Crippen LogP contribution is -2.50. The van der Waals surface area contributed by atoms with Crippen LogP contribution in [-0.4, -0.2) is 31.1 Å². The molecule has 1 rings (SSSR count). The van der Waals surface area contributed by atoms with Crippen LogP contribution in [-0.2, 0) is 11.3 Å². The predicted molar refractivity (Wildman–Crippen MR) is 99.5 cm³/mol. The lowest BCUT2D eigenvalue weighted by molar-refractivity contribution is -0.123. The smallest absolute Gasteiger partial charge is 0.315 e. The molecule has 1 unspecified atom stereocenters. The van der Waals surface area contributed by atoms with Gasteiger partial charge in [-0.3, -0.25) is 4.79 Å². The molecule has 5 N–H and O–H groups in total. The normalized spacial score (nSPS) is 11.6. The largest absolute Gasteiger partial charge is 0.354 e. The van der Waals surface area contributed by atoms with Gasteiger partial charge in [-0.2, -0.15) is 0 Å². The first-order chi connectivity index (χ1) is 11.6. The maximum atomic E-state index is 12.2. The molecule has 7 heteroatoms. The first-order valence-electron chi connectivity index (χ1n) is 8.33. The minimum atomic E-state index is -0.516. The van der Waals surface area contributed by atoms with Crippen molar-refractivity contribution in [3.8, 4) is 0 Å². The molecule has 1 atom stereocenters. The standard InChI is InChI=1S/C17H27BrN4O2/c1-2-5-15(16(23)20-11-4-3-10-19)22-17(24)21-12-13-6-8-14(18)9-7-13/h6-9,15H,2-5,10-12,19H2,1H3,(H,20,23)(H2,21,22,24). The Labute approximate surface area is 152 Å². The second-order valence-electron chi connectivity index (χ2n) is 5.58. The summed E-state index contributed by atoms with van der Waals surface area (Å²) in [5.41, 5.74) is 6.42. The lowest BCUT2D eigenvalue weighted by atomic mass is 10.1. The van der Waals surface area contributed by atoms with Gasteiger partial charge in [0.1, 0.15) is 6.04 Å². The Balaban J connectivity index is 2.40. The van der Waals surface area contributed by atoms with Crippen molar-refractivity contribution in [2.75, 3.05) is 13.1 Å². The Morgan fingerprint density at radius 1 is 1.17 bits per heavy atom. The van der Waals surface area contributed by atoms with Crippen molar-refractivity contribution in [2.24, 2.45) is 5.73 Å². The third-order valence-electron chi connectivity index (χ3n) is 3.50. The third-order valence-corrected chi connectivity index (χ3v) is 4.02. The van der Waals surface area contributed by atoms with Gasteiger partial charge in [0.15, 0.2) is 0 Å². The number of unbranched alkanes of at least 4 members (excludes halogenated alkanes) is 1. The summed E-state index contributed by atoms with van der Waals surface area (Å²) >= 11 is 3.37. The van der Waals surface area contributed by atoms with Gasteiger partial charge in [-0.15, -0.1) is 0 Å². The average Bonchev–Trinajstić information content (AvgIpc) is 2.57. The first kappa shape index (κ1) is 20.4. The molecule has 6 nitrogen and oxygen atoms in total. The molecule has 1 aromatic carbocycles. The first-order valence-corrected chi connectivity index (χ1v) is 9.12. The van der Waals surface area contributed by atoms with Gasteiger partial charge in [0.2, 0.25) is 5.91 Å². The molecule has 0 heterocycles. The van der Waals surface area contributed by atoms with Gasteiger partial charge in [-0.1, -0.05) is 41.4 Å². The van der Waals surface area contributed by atoms with Crippen molar-refractivity contribution in [1.82, 2.24) is 16.0 Å². The summed E-state index contributed by atoms with van der Waals surface area (Å²) in [6.45, 7) is 3.59. The summed E-state index contributed by atoms with van der Waals surface area (Å²) in [5, 5.41) is 8.37. The SMILES string of the molecule is CCCC(NC(=O)NCc1ccc(Br)cc1)C(=O)NCCCCN. The summed E-state index contributed by atoms with van der Waals surface area (Å²) in [6.07, 6.45) is 3.14. The van der Waals surface area contributed by atoms with Gasteiger partial charge in [0, 0.05) is 17.6 Å². The van der Waals surface area contributed by atoms with Gasteiger partial charge in [0.05, 0.1) is 0 Å². The molecule has 0 radical (unpaired) electrons. The van der Waals surface area contributed by atoms with Crippen LogP contribution in [0.1, 0.15) is 38.2 Å². The van der Waals surface area contributed by atoms with Crippen LogP contribution in [0.4, 0.5) is 4.79 Å². The number of nitrogens with one attached hydrogen (secondary N) is 3. The zero-order chi connectivity index (χ0) is 17.8. The van der Waals surface area contributed by atoms with E-state index in [1.807, 2.05) is 31.2 Å². The minimum absolute atomic E-state index is 0.146. The highest BCUT2D eigenvalue weighted by Crippen LogP contribution is 2.10. The van der Waals surface area contributed by atoms with Crippen LogP contribution < -0.4 is 21.7 Å². The van der Waals surface area contributed by atoms with Crippen molar-refractivity contribution in [3.63, 3.8) is 0 Å². The van der Waals surface area contributed by atoms with E-state index in [1.54, 1.807) is 0 Å². The topological polar surface area (TPSA) is 96.2 Å².